The van der Waals surface area contributed by atoms with E-state index in [1.807, 2.05) is 0 Å². The van der Waals surface area contributed by atoms with E-state index < -0.39 is 97.5 Å². The molecule has 19 heteroatoms. The lowest BCUT2D eigenvalue weighted by Crippen LogP contribution is -2.30. The lowest BCUT2D eigenvalue weighted by molar-refractivity contribution is -0.161. The first-order valence-electron chi connectivity index (χ1n) is 42.7. The third kappa shape index (κ3) is 76.3. The second-order valence-electron chi connectivity index (χ2n) is 31.8. The Labute approximate surface area is 626 Å². The van der Waals surface area contributed by atoms with Gasteiger partial charge in [0.05, 0.1) is 26.4 Å². The van der Waals surface area contributed by atoms with Crippen molar-refractivity contribution in [1.29, 1.82) is 0 Å². The molecule has 0 aromatic heterocycles. The Hall–Kier alpha value is -1.94. The Morgan fingerprint density at radius 3 is 0.608 bits per heavy atom. The van der Waals surface area contributed by atoms with Gasteiger partial charge in [0, 0.05) is 25.7 Å². The fraction of sp³-hybridized carbons (Fsp3) is 0.952. The summed E-state index contributed by atoms with van der Waals surface area (Å²) in [4.78, 5) is 73.0. The number of ether oxygens (including phenoxy) is 4. The molecular weight excluding hydrogens is 1330 g/mol. The third-order valence-corrected chi connectivity index (χ3v) is 21.2. The molecule has 0 aromatic carbocycles. The molecule has 0 rings (SSSR count). The van der Waals surface area contributed by atoms with Crippen molar-refractivity contribution in [2.45, 2.75) is 446 Å². The maximum atomic E-state index is 13.1. The second-order valence-corrected chi connectivity index (χ2v) is 34.7. The molecule has 3 N–H and O–H groups in total. The van der Waals surface area contributed by atoms with Crippen molar-refractivity contribution in [3.8, 4) is 0 Å². The zero-order valence-corrected chi connectivity index (χ0v) is 69.0. The number of hydrogen-bond donors (Lipinski definition) is 3. The van der Waals surface area contributed by atoms with Gasteiger partial charge in [-0.05, 0) is 49.4 Å². The van der Waals surface area contributed by atoms with Crippen molar-refractivity contribution in [3.05, 3.63) is 0 Å². The van der Waals surface area contributed by atoms with Crippen molar-refractivity contribution in [3.63, 3.8) is 0 Å². The topological polar surface area (TPSA) is 237 Å². The van der Waals surface area contributed by atoms with Crippen LogP contribution in [0.4, 0.5) is 0 Å². The van der Waals surface area contributed by atoms with Crippen molar-refractivity contribution in [2.24, 2.45) is 23.7 Å². The highest BCUT2D eigenvalue weighted by Crippen LogP contribution is 2.45. The van der Waals surface area contributed by atoms with Crippen LogP contribution in [0.1, 0.15) is 428 Å². The molecule has 0 bridgehead atoms. The lowest BCUT2D eigenvalue weighted by Gasteiger charge is -2.21. The van der Waals surface area contributed by atoms with Crippen LogP contribution in [0.25, 0.3) is 0 Å². The predicted molar refractivity (Wildman–Crippen MR) is 418 cm³/mol. The van der Waals surface area contributed by atoms with E-state index in [0.29, 0.717) is 31.6 Å². The Bertz CT molecular complexity index is 1990. The van der Waals surface area contributed by atoms with Crippen molar-refractivity contribution in [1.82, 2.24) is 0 Å². The Morgan fingerprint density at radius 1 is 0.245 bits per heavy atom. The Morgan fingerprint density at radius 2 is 0.412 bits per heavy atom. The summed E-state index contributed by atoms with van der Waals surface area (Å²) in [6.45, 7) is 14.2. The normalized spacial score (nSPS) is 14.0. The average Bonchev–Trinajstić information content (AvgIpc) is 0.906. The van der Waals surface area contributed by atoms with Gasteiger partial charge in [-0.25, -0.2) is 9.13 Å². The van der Waals surface area contributed by atoms with E-state index >= 15 is 0 Å². The number of aliphatic hydroxyl groups is 1. The zero-order valence-electron chi connectivity index (χ0n) is 67.2. The van der Waals surface area contributed by atoms with Crippen molar-refractivity contribution < 1.29 is 80.2 Å². The van der Waals surface area contributed by atoms with Gasteiger partial charge in [0.25, 0.3) is 0 Å². The smallest absolute Gasteiger partial charge is 0.462 e. The van der Waals surface area contributed by atoms with Crippen LogP contribution < -0.4 is 0 Å². The first-order chi connectivity index (χ1) is 49.1. The van der Waals surface area contributed by atoms with Crippen LogP contribution in [0, 0.1) is 23.7 Å². The molecule has 606 valence electrons. The van der Waals surface area contributed by atoms with Crippen LogP contribution in [0.15, 0.2) is 0 Å². The molecule has 0 aromatic rings. The van der Waals surface area contributed by atoms with Gasteiger partial charge in [0.2, 0.25) is 0 Å². The van der Waals surface area contributed by atoms with Crippen molar-refractivity contribution >= 4 is 39.5 Å². The van der Waals surface area contributed by atoms with Crippen LogP contribution in [-0.2, 0) is 65.4 Å². The van der Waals surface area contributed by atoms with Crippen LogP contribution >= 0.6 is 15.6 Å². The van der Waals surface area contributed by atoms with Gasteiger partial charge in [-0.1, -0.05) is 376 Å². The maximum absolute atomic E-state index is 13.1. The molecule has 0 spiro atoms. The van der Waals surface area contributed by atoms with E-state index in [0.717, 1.165) is 114 Å². The number of phosphoric ester groups is 2. The molecule has 0 aliphatic rings. The maximum Gasteiger partial charge on any atom is 0.472 e. The fourth-order valence-corrected chi connectivity index (χ4v) is 14.4. The molecule has 5 atom stereocenters. The molecule has 3 unspecified atom stereocenters. The molecule has 0 fully saturated rings. The van der Waals surface area contributed by atoms with Crippen LogP contribution in [-0.4, -0.2) is 96.7 Å². The Balaban J connectivity index is 5.19. The number of unbranched alkanes of at least 4 members (excludes halogenated alkanes) is 46. The van der Waals surface area contributed by atoms with Crippen LogP contribution in [0.3, 0.4) is 0 Å². The number of carbonyl (C=O) groups excluding carboxylic acids is 4. The van der Waals surface area contributed by atoms with Gasteiger partial charge >= 0.3 is 39.5 Å². The second kappa shape index (κ2) is 72.0. The summed E-state index contributed by atoms with van der Waals surface area (Å²) in [5.41, 5.74) is 0. The molecular formula is C83H162O17P2. The number of esters is 4. The highest BCUT2D eigenvalue weighted by molar-refractivity contribution is 7.47. The van der Waals surface area contributed by atoms with Crippen molar-refractivity contribution in [2.75, 3.05) is 39.6 Å². The molecule has 102 heavy (non-hydrogen) atoms. The van der Waals surface area contributed by atoms with E-state index in [2.05, 4.69) is 55.4 Å². The summed E-state index contributed by atoms with van der Waals surface area (Å²) in [6, 6.07) is 0. The number of rotatable bonds is 80. The Kier molecular flexibility index (Phi) is 70.6. The van der Waals surface area contributed by atoms with E-state index in [4.69, 9.17) is 37.0 Å². The molecule has 0 aliphatic carbocycles. The van der Waals surface area contributed by atoms with Gasteiger partial charge in [-0.3, -0.25) is 37.3 Å². The van der Waals surface area contributed by atoms with Crippen LogP contribution in [0.2, 0.25) is 0 Å². The molecule has 0 amide bonds. The number of aliphatic hydroxyl groups excluding tert-OH is 1. The highest BCUT2D eigenvalue weighted by atomic mass is 31.2. The standard InChI is InChI=1S/C83H162O17P2/c1-73(2)59-51-43-35-29-23-17-13-11-9-10-12-14-19-26-32-38-47-55-63-80(85)93-69-78(99-82(87)66-58-50-40-34-28-22-21-25-31-37-45-53-61-75(5)6)71-97-101(89,90)95-67-77(84)68-96-102(91,92)98-72-79(70-94-81(86)64-56-48-42-41-46-54-62-76(7)8)100-83(88)65-57-49-39-33-27-20-16-15-18-24-30-36-44-52-60-74(3)4/h73-79,84H,9-72H2,1-8H3,(H,89,90)(H,91,92)/t77?,78-,79-/m1/s1. The van der Waals surface area contributed by atoms with E-state index in [1.165, 1.54) is 225 Å². The molecule has 0 radical (unpaired) electrons. The largest absolute Gasteiger partial charge is 0.472 e. The first-order valence-corrected chi connectivity index (χ1v) is 45.7. The van der Waals surface area contributed by atoms with Gasteiger partial charge in [-0.2, -0.15) is 0 Å². The predicted octanol–water partition coefficient (Wildman–Crippen LogP) is 24.8. The van der Waals surface area contributed by atoms with Crippen LogP contribution in [0.5, 0.6) is 0 Å². The monoisotopic (exact) mass is 1490 g/mol. The first kappa shape index (κ1) is 100. The lowest BCUT2D eigenvalue weighted by atomic mass is 10.0. The zero-order chi connectivity index (χ0) is 75.3. The average molecular weight is 1490 g/mol. The van der Waals surface area contributed by atoms with E-state index in [1.54, 1.807) is 0 Å². The summed E-state index contributed by atoms with van der Waals surface area (Å²) in [7, 11) is -9.92. The van der Waals surface area contributed by atoms with Gasteiger partial charge in [0.1, 0.15) is 19.3 Å². The minimum Gasteiger partial charge on any atom is -0.462 e. The quantitative estimate of drug-likeness (QED) is 0.0222. The van der Waals surface area contributed by atoms with Gasteiger partial charge in [0.15, 0.2) is 12.2 Å². The summed E-state index contributed by atoms with van der Waals surface area (Å²) >= 11 is 0. The molecule has 0 saturated heterocycles. The molecule has 0 aliphatic heterocycles. The van der Waals surface area contributed by atoms with E-state index in [9.17, 15) is 43.2 Å². The third-order valence-electron chi connectivity index (χ3n) is 19.3. The number of phosphoric acid groups is 2. The highest BCUT2D eigenvalue weighted by Gasteiger charge is 2.30. The summed E-state index contributed by atoms with van der Waals surface area (Å²) in [6.07, 6.45) is 59.9. The molecule has 17 nitrogen and oxygen atoms in total. The number of carbonyl (C=O) groups is 4. The van der Waals surface area contributed by atoms with E-state index in [-0.39, 0.29) is 25.7 Å². The fourth-order valence-electron chi connectivity index (χ4n) is 12.8. The minimum atomic E-state index is -4.96. The SMILES string of the molecule is CC(C)CCCCCCCCCCCCCCCCCCCCC(=O)OC[C@H](COP(=O)(O)OCC(O)COP(=O)(O)OC[C@@H](COC(=O)CCCCCCCCC(C)C)OC(=O)CCCCCCCCCCCCCCCCC(C)C)OC(=O)CCCCCCCCCCCCCCC(C)C. The summed E-state index contributed by atoms with van der Waals surface area (Å²) < 4.78 is 68.7. The molecule has 0 heterocycles. The van der Waals surface area contributed by atoms with Gasteiger partial charge in [-0.15, -0.1) is 0 Å². The minimum absolute atomic E-state index is 0.106. The summed E-state index contributed by atoms with van der Waals surface area (Å²) in [5, 5.41) is 10.6. The summed E-state index contributed by atoms with van der Waals surface area (Å²) in [5.74, 6) is 0.961. The number of hydrogen-bond acceptors (Lipinski definition) is 15. The molecule has 0 saturated carbocycles. The van der Waals surface area contributed by atoms with Gasteiger partial charge < -0.3 is 33.8 Å².